The molecule has 0 atom stereocenters. The zero-order chi connectivity index (χ0) is 14.2. The van der Waals surface area contributed by atoms with E-state index in [4.69, 9.17) is 9.47 Å². The maximum atomic E-state index is 5.47. The van der Waals surface area contributed by atoms with Crippen molar-refractivity contribution in [3.8, 4) is 11.6 Å². The van der Waals surface area contributed by atoms with Gasteiger partial charge in [-0.3, -0.25) is 0 Å². The molecular weight excluding hydrogens is 254 g/mol. The highest BCUT2D eigenvalue weighted by Gasteiger charge is 2.00. The Labute approximate surface area is 119 Å². The fourth-order valence-electron chi connectivity index (χ4n) is 1.66. The van der Waals surface area contributed by atoms with E-state index in [-0.39, 0.29) is 0 Å². The molecule has 0 saturated heterocycles. The molecule has 0 saturated carbocycles. The maximum Gasteiger partial charge on any atom is 0.218 e. The quantitative estimate of drug-likeness (QED) is 0.840. The lowest BCUT2D eigenvalue weighted by Crippen LogP contribution is -2.03. The highest BCUT2D eigenvalue weighted by molar-refractivity contribution is 5.38. The molecule has 1 heterocycles. The van der Waals surface area contributed by atoms with Gasteiger partial charge in [-0.05, 0) is 24.1 Å². The predicted octanol–water partition coefficient (Wildman–Crippen LogP) is 2.89. The molecule has 0 amide bonds. The second-order valence-corrected chi connectivity index (χ2v) is 4.29. The average Bonchev–Trinajstić information content (AvgIpc) is 2.52. The number of hydrogen-bond donors (Lipinski definition) is 1. The van der Waals surface area contributed by atoms with E-state index >= 15 is 0 Å². The molecule has 2 rings (SSSR count). The van der Waals surface area contributed by atoms with Crippen LogP contribution in [0.5, 0.6) is 11.6 Å². The molecule has 0 bridgehead atoms. The summed E-state index contributed by atoms with van der Waals surface area (Å²) in [5.74, 6) is 2.20. The molecular formula is C15H19N3O2. The average molecular weight is 273 g/mol. The topological polar surface area (TPSA) is 56.3 Å². The molecule has 2 aromatic rings. The lowest BCUT2D eigenvalue weighted by Gasteiger charge is -2.08. The van der Waals surface area contributed by atoms with Crippen LogP contribution in [-0.4, -0.2) is 23.7 Å². The number of rotatable bonds is 7. The Kier molecular flexibility index (Phi) is 5.17. The number of hydrogen-bond acceptors (Lipinski definition) is 5. The van der Waals surface area contributed by atoms with E-state index in [2.05, 4.69) is 22.2 Å². The normalized spacial score (nSPS) is 10.1. The van der Waals surface area contributed by atoms with Crippen LogP contribution in [-0.2, 0) is 6.54 Å². The third-order valence-corrected chi connectivity index (χ3v) is 2.73. The maximum absolute atomic E-state index is 5.47. The highest BCUT2D eigenvalue weighted by Crippen LogP contribution is 2.14. The van der Waals surface area contributed by atoms with Crippen molar-refractivity contribution in [1.82, 2.24) is 9.97 Å². The van der Waals surface area contributed by atoms with Gasteiger partial charge in [0.2, 0.25) is 5.88 Å². The fraction of sp³-hybridized carbons (Fsp3) is 0.333. The van der Waals surface area contributed by atoms with Gasteiger partial charge in [0.25, 0.3) is 0 Å². The van der Waals surface area contributed by atoms with E-state index in [9.17, 15) is 0 Å². The summed E-state index contributed by atoms with van der Waals surface area (Å²) in [5.41, 5.74) is 1.15. The smallest absolute Gasteiger partial charge is 0.218 e. The van der Waals surface area contributed by atoms with Crippen molar-refractivity contribution in [3.05, 3.63) is 42.2 Å². The van der Waals surface area contributed by atoms with Crippen LogP contribution in [0, 0.1) is 0 Å². The molecule has 20 heavy (non-hydrogen) atoms. The van der Waals surface area contributed by atoms with Gasteiger partial charge in [0.05, 0.1) is 13.7 Å². The van der Waals surface area contributed by atoms with Crippen molar-refractivity contribution in [2.75, 3.05) is 19.0 Å². The van der Waals surface area contributed by atoms with Gasteiger partial charge in [-0.1, -0.05) is 19.1 Å². The molecule has 0 spiro atoms. The number of benzene rings is 1. The first kappa shape index (κ1) is 14.1. The van der Waals surface area contributed by atoms with E-state index in [0.717, 1.165) is 23.6 Å². The van der Waals surface area contributed by atoms with Crippen LogP contribution >= 0.6 is 0 Å². The summed E-state index contributed by atoms with van der Waals surface area (Å²) in [7, 11) is 1.66. The fourth-order valence-corrected chi connectivity index (χ4v) is 1.66. The van der Waals surface area contributed by atoms with E-state index in [1.165, 1.54) is 6.33 Å². The van der Waals surface area contributed by atoms with Crippen molar-refractivity contribution in [2.24, 2.45) is 0 Å². The Morgan fingerprint density at radius 3 is 2.65 bits per heavy atom. The molecule has 0 fully saturated rings. The summed E-state index contributed by atoms with van der Waals surface area (Å²) < 4.78 is 10.6. The minimum absolute atomic E-state index is 0.596. The molecule has 0 aliphatic carbocycles. The van der Waals surface area contributed by atoms with Crippen molar-refractivity contribution in [1.29, 1.82) is 0 Å². The minimum Gasteiger partial charge on any atom is -0.497 e. The molecule has 1 N–H and O–H groups in total. The third-order valence-electron chi connectivity index (χ3n) is 2.73. The van der Waals surface area contributed by atoms with Gasteiger partial charge in [0.15, 0.2) is 0 Å². The highest BCUT2D eigenvalue weighted by atomic mass is 16.5. The van der Waals surface area contributed by atoms with Gasteiger partial charge in [-0.15, -0.1) is 0 Å². The van der Waals surface area contributed by atoms with Gasteiger partial charge < -0.3 is 14.8 Å². The number of nitrogens with one attached hydrogen (secondary N) is 1. The molecule has 1 aromatic carbocycles. The Hall–Kier alpha value is -2.30. The zero-order valence-corrected chi connectivity index (χ0v) is 11.8. The van der Waals surface area contributed by atoms with E-state index in [0.29, 0.717) is 19.0 Å². The number of ether oxygens (including phenoxy) is 2. The molecule has 5 heteroatoms. The Morgan fingerprint density at radius 1 is 1.15 bits per heavy atom. The molecule has 1 aromatic heterocycles. The van der Waals surface area contributed by atoms with Crippen molar-refractivity contribution in [2.45, 2.75) is 19.9 Å². The van der Waals surface area contributed by atoms with Crippen molar-refractivity contribution >= 4 is 5.82 Å². The van der Waals surface area contributed by atoms with E-state index in [1.54, 1.807) is 13.2 Å². The molecule has 106 valence electrons. The van der Waals surface area contributed by atoms with E-state index in [1.807, 2.05) is 24.3 Å². The van der Waals surface area contributed by atoms with E-state index < -0.39 is 0 Å². The second-order valence-electron chi connectivity index (χ2n) is 4.29. The van der Waals surface area contributed by atoms with Gasteiger partial charge in [-0.2, -0.15) is 0 Å². The summed E-state index contributed by atoms with van der Waals surface area (Å²) in [6.07, 6.45) is 2.46. The molecule has 0 aliphatic rings. The van der Waals surface area contributed by atoms with Crippen molar-refractivity contribution < 1.29 is 9.47 Å². The van der Waals surface area contributed by atoms with Gasteiger partial charge in [-0.25, -0.2) is 9.97 Å². The lowest BCUT2D eigenvalue weighted by atomic mass is 10.2. The standard InChI is InChI=1S/C15H19N3O2/c1-3-8-20-15-9-14(17-11-18-15)16-10-12-4-6-13(19-2)7-5-12/h4-7,9,11H,3,8,10H2,1-2H3,(H,16,17,18). The van der Waals surface area contributed by atoms with Crippen LogP contribution in [0.15, 0.2) is 36.7 Å². The molecule has 5 nitrogen and oxygen atoms in total. The molecule has 0 unspecified atom stereocenters. The number of methoxy groups -OCH3 is 1. The predicted molar refractivity (Wildman–Crippen MR) is 78.1 cm³/mol. The first-order chi connectivity index (χ1) is 9.81. The van der Waals surface area contributed by atoms with Crippen LogP contribution in [0.2, 0.25) is 0 Å². The number of anilines is 1. The van der Waals surface area contributed by atoms with Crippen LogP contribution in [0.25, 0.3) is 0 Å². The summed E-state index contributed by atoms with van der Waals surface area (Å²) >= 11 is 0. The third kappa shape index (κ3) is 4.12. The van der Waals surface area contributed by atoms with Crippen molar-refractivity contribution in [3.63, 3.8) is 0 Å². The first-order valence-corrected chi connectivity index (χ1v) is 6.63. The van der Waals surface area contributed by atoms with Crippen LogP contribution in [0.1, 0.15) is 18.9 Å². The second kappa shape index (κ2) is 7.33. The monoisotopic (exact) mass is 273 g/mol. The summed E-state index contributed by atoms with van der Waals surface area (Å²) in [5, 5.41) is 3.24. The Balaban J connectivity index is 1.92. The minimum atomic E-state index is 0.596. The Bertz CT molecular complexity index is 529. The summed E-state index contributed by atoms with van der Waals surface area (Å²) in [4.78, 5) is 8.23. The van der Waals surface area contributed by atoms with Crippen LogP contribution < -0.4 is 14.8 Å². The Morgan fingerprint density at radius 2 is 1.95 bits per heavy atom. The number of aromatic nitrogens is 2. The SMILES string of the molecule is CCCOc1cc(NCc2ccc(OC)cc2)ncn1. The van der Waals surface area contributed by atoms with Gasteiger partial charge in [0, 0.05) is 12.6 Å². The number of nitrogens with zero attached hydrogens (tertiary/aromatic N) is 2. The summed E-state index contributed by atoms with van der Waals surface area (Å²) in [6, 6.07) is 9.71. The first-order valence-electron chi connectivity index (χ1n) is 6.63. The lowest BCUT2D eigenvalue weighted by molar-refractivity contribution is 0.305. The van der Waals surface area contributed by atoms with Gasteiger partial charge in [0.1, 0.15) is 17.9 Å². The van der Waals surface area contributed by atoms with Gasteiger partial charge >= 0.3 is 0 Å². The largest absolute Gasteiger partial charge is 0.497 e. The summed E-state index contributed by atoms with van der Waals surface area (Å²) in [6.45, 7) is 3.41. The molecule has 0 aliphatic heterocycles. The zero-order valence-electron chi connectivity index (χ0n) is 11.8. The van der Waals surface area contributed by atoms with Crippen LogP contribution in [0.3, 0.4) is 0 Å². The van der Waals surface area contributed by atoms with Crippen LogP contribution in [0.4, 0.5) is 5.82 Å². The molecule has 0 radical (unpaired) electrons.